The van der Waals surface area contributed by atoms with Crippen LogP contribution in [0, 0.1) is 6.92 Å². The van der Waals surface area contributed by atoms with Gasteiger partial charge in [-0.2, -0.15) is 5.10 Å². The van der Waals surface area contributed by atoms with E-state index in [0.717, 1.165) is 25.7 Å². The number of H-pyrrole nitrogens is 1. The first-order valence-corrected chi connectivity index (χ1v) is 7.73. The van der Waals surface area contributed by atoms with Crippen LogP contribution >= 0.6 is 0 Å². The van der Waals surface area contributed by atoms with Gasteiger partial charge in [0.25, 0.3) is 0 Å². The van der Waals surface area contributed by atoms with Gasteiger partial charge < -0.3 is 5.32 Å². The highest BCUT2D eigenvalue weighted by Gasteiger charge is 2.28. The molecule has 7 heteroatoms. The van der Waals surface area contributed by atoms with Crippen LogP contribution in [0.15, 0.2) is 4.90 Å². The standard InChI is InChI=1S/C11H20N4O2S/c1-8-11(10(7-12-2)14-13-8)18(16,17)15-9-5-3-4-6-9/h9,12,15H,3-7H2,1-2H3,(H,13,14). The molecule has 18 heavy (non-hydrogen) atoms. The Morgan fingerprint density at radius 1 is 1.39 bits per heavy atom. The van der Waals surface area contributed by atoms with Gasteiger partial charge in [0.2, 0.25) is 10.0 Å². The second-order valence-electron chi connectivity index (χ2n) is 4.76. The predicted molar refractivity (Wildman–Crippen MR) is 68.7 cm³/mol. The quantitative estimate of drug-likeness (QED) is 0.735. The molecule has 0 aromatic carbocycles. The molecule has 0 unspecified atom stereocenters. The average Bonchev–Trinajstić information content (AvgIpc) is 2.89. The number of hydrogen-bond acceptors (Lipinski definition) is 4. The molecular weight excluding hydrogens is 252 g/mol. The lowest BCUT2D eigenvalue weighted by molar-refractivity contribution is 0.550. The Morgan fingerprint density at radius 3 is 2.67 bits per heavy atom. The molecule has 1 aliphatic carbocycles. The minimum atomic E-state index is -3.47. The van der Waals surface area contributed by atoms with Crippen LogP contribution in [0.4, 0.5) is 0 Å². The van der Waals surface area contributed by atoms with Gasteiger partial charge in [0.1, 0.15) is 4.90 Å². The van der Waals surface area contributed by atoms with Crippen molar-refractivity contribution in [2.24, 2.45) is 0 Å². The van der Waals surface area contributed by atoms with Crippen LogP contribution in [0.3, 0.4) is 0 Å². The molecule has 1 aromatic rings. The van der Waals surface area contributed by atoms with E-state index in [-0.39, 0.29) is 6.04 Å². The lowest BCUT2D eigenvalue weighted by Crippen LogP contribution is -2.33. The molecule has 0 spiro atoms. The van der Waals surface area contributed by atoms with Crippen LogP contribution in [-0.2, 0) is 16.6 Å². The Hall–Kier alpha value is -0.920. The van der Waals surface area contributed by atoms with Crippen LogP contribution in [0.25, 0.3) is 0 Å². The summed E-state index contributed by atoms with van der Waals surface area (Å²) < 4.78 is 27.5. The maximum Gasteiger partial charge on any atom is 0.244 e. The van der Waals surface area contributed by atoms with Crippen molar-refractivity contribution in [3.05, 3.63) is 11.4 Å². The topological polar surface area (TPSA) is 86.9 Å². The average molecular weight is 272 g/mol. The fraction of sp³-hybridized carbons (Fsp3) is 0.727. The van der Waals surface area contributed by atoms with Crippen LogP contribution < -0.4 is 10.0 Å². The van der Waals surface area contributed by atoms with Gasteiger partial charge in [-0.05, 0) is 26.8 Å². The Kier molecular flexibility index (Phi) is 4.04. The van der Waals surface area contributed by atoms with Crippen LogP contribution in [0.2, 0.25) is 0 Å². The molecule has 1 aliphatic rings. The molecule has 0 radical (unpaired) electrons. The lowest BCUT2D eigenvalue weighted by Gasteiger charge is -2.13. The molecule has 0 amide bonds. The summed E-state index contributed by atoms with van der Waals surface area (Å²) in [5.41, 5.74) is 1.13. The zero-order chi connectivity index (χ0) is 13.2. The van der Waals surface area contributed by atoms with Gasteiger partial charge in [-0.1, -0.05) is 12.8 Å². The third-order valence-corrected chi connectivity index (χ3v) is 4.97. The van der Waals surface area contributed by atoms with Crippen molar-refractivity contribution in [2.75, 3.05) is 7.05 Å². The monoisotopic (exact) mass is 272 g/mol. The Labute approximate surface area is 108 Å². The van der Waals surface area contributed by atoms with Gasteiger partial charge in [-0.25, -0.2) is 13.1 Å². The van der Waals surface area contributed by atoms with Gasteiger partial charge in [-0.15, -0.1) is 0 Å². The van der Waals surface area contributed by atoms with E-state index in [9.17, 15) is 8.42 Å². The van der Waals surface area contributed by atoms with Gasteiger partial charge in [0.05, 0.1) is 11.4 Å². The van der Waals surface area contributed by atoms with E-state index < -0.39 is 10.0 Å². The van der Waals surface area contributed by atoms with E-state index in [1.807, 2.05) is 0 Å². The first kappa shape index (κ1) is 13.5. The number of sulfonamides is 1. The minimum Gasteiger partial charge on any atom is -0.314 e. The summed E-state index contributed by atoms with van der Waals surface area (Å²) in [5, 5.41) is 9.71. The van der Waals surface area contributed by atoms with Crippen LogP contribution in [-0.4, -0.2) is 31.7 Å². The highest BCUT2D eigenvalue weighted by molar-refractivity contribution is 7.89. The summed E-state index contributed by atoms with van der Waals surface area (Å²) in [6, 6.07) is 0.0757. The van der Waals surface area contributed by atoms with E-state index in [2.05, 4.69) is 20.2 Å². The lowest BCUT2D eigenvalue weighted by atomic mass is 10.3. The van der Waals surface area contributed by atoms with Gasteiger partial charge >= 0.3 is 0 Å². The van der Waals surface area contributed by atoms with Crippen molar-refractivity contribution in [2.45, 2.75) is 50.1 Å². The zero-order valence-electron chi connectivity index (χ0n) is 10.8. The SMILES string of the molecule is CNCc1n[nH]c(C)c1S(=O)(=O)NC1CCCC1. The van der Waals surface area contributed by atoms with E-state index in [1.54, 1.807) is 14.0 Å². The van der Waals surface area contributed by atoms with Crippen LogP contribution in [0.1, 0.15) is 37.1 Å². The summed E-state index contributed by atoms with van der Waals surface area (Å²) in [5.74, 6) is 0. The zero-order valence-corrected chi connectivity index (χ0v) is 11.6. The molecule has 6 nitrogen and oxygen atoms in total. The Morgan fingerprint density at radius 2 is 2.06 bits per heavy atom. The molecule has 102 valence electrons. The maximum atomic E-state index is 12.4. The number of aryl methyl sites for hydroxylation is 1. The summed E-state index contributed by atoms with van der Waals surface area (Å²) in [6.07, 6.45) is 4.05. The summed E-state index contributed by atoms with van der Waals surface area (Å²) >= 11 is 0. The van der Waals surface area contributed by atoms with Crippen molar-refractivity contribution in [1.82, 2.24) is 20.2 Å². The molecule has 1 aromatic heterocycles. The number of aromatic nitrogens is 2. The van der Waals surface area contributed by atoms with Crippen molar-refractivity contribution < 1.29 is 8.42 Å². The minimum absolute atomic E-state index is 0.0757. The third-order valence-electron chi connectivity index (χ3n) is 3.25. The second-order valence-corrected chi connectivity index (χ2v) is 6.41. The number of nitrogens with zero attached hydrogens (tertiary/aromatic N) is 1. The maximum absolute atomic E-state index is 12.4. The van der Waals surface area contributed by atoms with Crippen molar-refractivity contribution >= 4 is 10.0 Å². The summed E-state index contributed by atoms with van der Waals surface area (Å²) in [6.45, 7) is 2.17. The summed E-state index contributed by atoms with van der Waals surface area (Å²) in [4.78, 5) is 0.295. The van der Waals surface area contributed by atoms with Crippen LogP contribution in [0.5, 0.6) is 0 Å². The highest BCUT2D eigenvalue weighted by atomic mass is 32.2. The molecule has 1 fully saturated rings. The molecule has 0 atom stereocenters. The fourth-order valence-corrected chi connectivity index (χ4v) is 4.10. The Bertz CT molecular complexity index is 503. The van der Waals surface area contributed by atoms with Gasteiger partial charge in [0.15, 0.2) is 0 Å². The smallest absolute Gasteiger partial charge is 0.244 e. The summed E-state index contributed by atoms with van der Waals surface area (Å²) in [7, 11) is -1.70. The second kappa shape index (κ2) is 5.38. The molecule has 1 heterocycles. The van der Waals surface area contributed by atoms with Crippen molar-refractivity contribution in [1.29, 1.82) is 0 Å². The van der Waals surface area contributed by atoms with Gasteiger partial charge in [0, 0.05) is 12.6 Å². The number of hydrogen-bond donors (Lipinski definition) is 3. The van der Waals surface area contributed by atoms with E-state index in [1.165, 1.54) is 0 Å². The van der Waals surface area contributed by atoms with Crippen molar-refractivity contribution in [3.8, 4) is 0 Å². The first-order chi connectivity index (χ1) is 8.54. The third kappa shape index (κ3) is 2.73. The number of nitrogens with one attached hydrogen (secondary N) is 3. The largest absolute Gasteiger partial charge is 0.314 e. The molecule has 1 saturated carbocycles. The molecule has 0 saturated heterocycles. The van der Waals surface area contributed by atoms with E-state index >= 15 is 0 Å². The molecule has 3 N–H and O–H groups in total. The normalized spacial score (nSPS) is 17.4. The number of rotatable bonds is 5. The molecule has 0 aliphatic heterocycles. The van der Waals surface area contributed by atoms with Gasteiger partial charge in [-0.3, -0.25) is 5.10 Å². The Balaban J connectivity index is 2.25. The van der Waals surface area contributed by atoms with Crippen molar-refractivity contribution in [3.63, 3.8) is 0 Å². The first-order valence-electron chi connectivity index (χ1n) is 6.25. The fourth-order valence-electron chi connectivity index (χ4n) is 2.44. The van der Waals surface area contributed by atoms with E-state index in [0.29, 0.717) is 22.8 Å². The highest BCUT2D eigenvalue weighted by Crippen LogP contribution is 2.22. The number of aromatic amines is 1. The molecule has 0 bridgehead atoms. The van der Waals surface area contributed by atoms with E-state index in [4.69, 9.17) is 0 Å². The molecule has 2 rings (SSSR count). The predicted octanol–water partition coefficient (Wildman–Crippen LogP) is 0.658. The molecular formula is C11H20N4O2S.